The van der Waals surface area contributed by atoms with Crippen molar-refractivity contribution in [2.75, 3.05) is 7.11 Å². The Kier molecular flexibility index (Phi) is 5.47. The van der Waals surface area contributed by atoms with E-state index in [1.807, 2.05) is 0 Å². The van der Waals surface area contributed by atoms with Gasteiger partial charge in [0.2, 0.25) is 0 Å². The van der Waals surface area contributed by atoms with Gasteiger partial charge in [-0.05, 0) is 36.1 Å². The van der Waals surface area contributed by atoms with E-state index in [0.717, 1.165) is 25.3 Å². The third-order valence-corrected chi connectivity index (χ3v) is 3.67. The number of rotatable bonds is 6. The highest BCUT2D eigenvalue weighted by molar-refractivity contribution is 5.65. The topological polar surface area (TPSA) is 9.23 Å². The summed E-state index contributed by atoms with van der Waals surface area (Å²) in [6, 6.07) is 7.13. The molecule has 0 aliphatic heterocycles. The molecule has 0 N–H and O–H groups in total. The van der Waals surface area contributed by atoms with E-state index < -0.39 is 17.5 Å². The summed E-state index contributed by atoms with van der Waals surface area (Å²) in [5.41, 5.74) is 0.705. The maximum atomic E-state index is 14.2. The van der Waals surface area contributed by atoms with Crippen molar-refractivity contribution in [2.45, 2.75) is 32.6 Å². The molecule has 118 valence electrons. The average Bonchev–Trinajstić information content (AvgIpc) is 2.52. The van der Waals surface area contributed by atoms with Gasteiger partial charge in [-0.1, -0.05) is 38.0 Å². The van der Waals surface area contributed by atoms with E-state index in [9.17, 15) is 13.2 Å². The van der Waals surface area contributed by atoms with Crippen LogP contribution in [0.25, 0.3) is 11.1 Å². The molecule has 0 aliphatic rings. The van der Waals surface area contributed by atoms with E-state index in [0.29, 0.717) is 12.0 Å². The van der Waals surface area contributed by atoms with Crippen LogP contribution in [-0.2, 0) is 6.42 Å². The predicted octanol–water partition coefficient (Wildman–Crippen LogP) is 5.51. The zero-order valence-corrected chi connectivity index (χ0v) is 12.8. The lowest BCUT2D eigenvalue weighted by atomic mass is 9.99. The van der Waals surface area contributed by atoms with E-state index in [1.165, 1.54) is 25.3 Å². The molecule has 0 saturated carbocycles. The van der Waals surface area contributed by atoms with Crippen molar-refractivity contribution >= 4 is 0 Å². The van der Waals surface area contributed by atoms with Crippen LogP contribution in [0.1, 0.15) is 31.7 Å². The van der Waals surface area contributed by atoms with Crippen LogP contribution in [0, 0.1) is 17.5 Å². The highest BCUT2D eigenvalue weighted by Crippen LogP contribution is 2.30. The van der Waals surface area contributed by atoms with Crippen LogP contribution in [0.3, 0.4) is 0 Å². The molecule has 0 heterocycles. The molecule has 0 aliphatic carbocycles. The molecule has 22 heavy (non-hydrogen) atoms. The van der Waals surface area contributed by atoms with Gasteiger partial charge in [0, 0.05) is 5.56 Å². The van der Waals surface area contributed by atoms with E-state index in [1.54, 1.807) is 6.07 Å². The molecule has 0 aromatic heterocycles. The Labute approximate surface area is 128 Å². The lowest BCUT2D eigenvalue weighted by Crippen LogP contribution is -1.98. The summed E-state index contributed by atoms with van der Waals surface area (Å²) in [7, 11) is 1.35. The van der Waals surface area contributed by atoms with Crippen molar-refractivity contribution < 1.29 is 17.9 Å². The fourth-order valence-electron chi connectivity index (χ4n) is 2.40. The van der Waals surface area contributed by atoms with Gasteiger partial charge in [-0.2, -0.15) is 0 Å². The van der Waals surface area contributed by atoms with Crippen molar-refractivity contribution in [2.24, 2.45) is 0 Å². The minimum absolute atomic E-state index is 0.0540. The molecular weight excluding hydrogens is 289 g/mol. The normalized spacial score (nSPS) is 10.8. The molecule has 0 amide bonds. The molecule has 0 atom stereocenters. The Morgan fingerprint density at radius 3 is 2.36 bits per heavy atom. The maximum Gasteiger partial charge on any atom is 0.166 e. The molecule has 1 nitrogen and oxygen atoms in total. The Balaban J connectivity index is 2.32. The number of hydrogen-bond donors (Lipinski definition) is 0. The number of halogens is 3. The molecule has 0 saturated heterocycles. The quantitative estimate of drug-likeness (QED) is 0.639. The molecule has 0 fully saturated rings. The fourth-order valence-corrected chi connectivity index (χ4v) is 2.40. The van der Waals surface area contributed by atoms with Gasteiger partial charge in [0.1, 0.15) is 0 Å². The second kappa shape index (κ2) is 7.34. The van der Waals surface area contributed by atoms with E-state index in [4.69, 9.17) is 4.74 Å². The Hall–Kier alpha value is -1.97. The van der Waals surface area contributed by atoms with Gasteiger partial charge >= 0.3 is 0 Å². The van der Waals surface area contributed by atoms with Crippen LogP contribution in [0.15, 0.2) is 30.3 Å². The maximum absolute atomic E-state index is 14.2. The van der Waals surface area contributed by atoms with Gasteiger partial charge in [-0.3, -0.25) is 0 Å². The first-order chi connectivity index (χ1) is 10.6. The second-order valence-electron chi connectivity index (χ2n) is 5.21. The number of benzene rings is 2. The number of hydrogen-bond acceptors (Lipinski definition) is 1. The highest BCUT2D eigenvalue weighted by atomic mass is 19.2. The Bertz CT molecular complexity index is 653. The second-order valence-corrected chi connectivity index (χ2v) is 5.21. The van der Waals surface area contributed by atoms with E-state index >= 15 is 0 Å². The fraction of sp³-hybridized carbons (Fsp3) is 0.333. The summed E-state index contributed by atoms with van der Waals surface area (Å²) in [6.07, 6.45) is 3.33. The standard InChI is InChI=1S/C18H19F3O/c1-3-4-5-6-12-7-9-14(18(21)17(12)20)13-8-10-16(22-2)15(19)11-13/h7-11H,3-6H2,1-2H3. The van der Waals surface area contributed by atoms with Gasteiger partial charge in [0.05, 0.1) is 7.11 Å². The number of unbranched alkanes of at least 4 members (excludes halogenated alkanes) is 2. The third-order valence-electron chi connectivity index (χ3n) is 3.67. The third kappa shape index (κ3) is 3.43. The molecular formula is C18H19F3O. The van der Waals surface area contributed by atoms with Crippen molar-refractivity contribution in [1.29, 1.82) is 0 Å². The molecule has 0 bridgehead atoms. The van der Waals surface area contributed by atoms with E-state index in [-0.39, 0.29) is 16.9 Å². The van der Waals surface area contributed by atoms with Crippen molar-refractivity contribution in [3.63, 3.8) is 0 Å². The monoisotopic (exact) mass is 308 g/mol. The summed E-state index contributed by atoms with van der Waals surface area (Å²) in [5, 5.41) is 0. The van der Waals surface area contributed by atoms with Crippen LogP contribution in [0.2, 0.25) is 0 Å². The summed E-state index contributed by atoms with van der Waals surface area (Å²) in [6.45, 7) is 2.05. The van der Waals surface area contributed by atoms with Gasteiger partial charge in [-0.25, -0.2) is 13.2 Å². The van der Waals surface area contributed by atoms with Crippen LogP contribution < -0.4 is 4.74 Å². The predicted molar refractivity (Wildman–Crippen MR) is 81.5 cm³/mol. The first-order valence-electron chi connectivity index (χ1n) is 7.39. The molecule has 4 heteroatoms. The SMILES string of the molecule is CCCCCc1ccc(-c2ccc(OC)c(F)c2)c(F)c1F. The van der Waals surface area contributed by atoms with Gasteiger partial charge < -0.3 is 4.74 Å². The minimum atomic E-state index is -0.932. The molecule has 0 spiro atoms. The van der Waals surface area contributed by atoms with Crippen LogP contribution in [-0.4, -0.2) is 7.11 Å². The lowest BCUT2D eigenvalue weighted by molar-refractivity contribution is 0.386. The average molecular weight is 308 g/mol. The summed E-state index contributed by atoms with van der Waals surface area (Å²) >= 11 is 0. The number of methoxy groups -OCH3 is 1. The zero-order valence-electron chi connectivity index (χ0n) is 12.8. The number of ether oxygens (including phenoxy) is 1. The summed E-state index contributed by atoms with van der Waals surface area (Å²) in [4.78, 5) is 0. The van der Waals surface area contributed by atoms with Crippen LogP contribution >= 0.6 is 0 Å². The zero-order chi connectivity index (χ0) is 16.1. The van der Waals surface area contributed by atoms with Crippen molar-refractivity contribution in [3.8, 4) is 16.9 Å². The molecule has 2 aromatic carbocycles. The van der Waals surface area contributed by atoms with Crippen LogP contribution in [0.4, 0.5) is 13.2 Å². The molecule has 2 aromatic rings. The molecule has 2 rings (SSSR count). The largest absolute Gasteiger partial charge is 0.494 e. The molecule has 0 unspecified atom stereocenters. The number of aryl methyl sites for hydroxylation is 1. The van der Waals surface area contributed by atoms with Gasteiger partial charge in [0.15, 0.2) is 23.2 Å². The van der Waals surface area contributed by atoms with E-state index in [2.05, 4.69) is 6.92 Å². The summed E-state index contributed by atoms with van der Waals surface area (Å²) < 4.78 is 46.9. The molecule has 0 radical (unpaired) electrons. The van der Waals surface area contributed by atoms with Gasteiger partial charge in [0.25, 0.3) is 0 Å². The Morgan fingerprint density at radius 1 is 0.955 bits per heavy atom. The summed E-state index contributed by atoms with van der Waals surface area (Å²) in [5.74, 6) is -2.31. The van der Waals surface area contributed by atoms with Crippen molar-refractivity contribution in [3.05, 3.63) is 53.3 Å². The lowest BCUT2D eigenvalue weighted by Gasteiger charge is -2.10. The van der Waals surface area contributed by atoms with Crippen molar-refractivity contribution in [1.82, 2.24) is 0 Å². The first kappa shape index (κ1) is 16.4. The minimum Gasteiger partial charge on any atom is -0.494 e. The van der Waals surface area contributed by atoms with Crippen LogP contribution in [0.5, 0.6) is 5.75 Å². The first-order valence-corrected chi connectivity index (χ1v) is 7.39. The smallest absolute Gasteiger partial charge is 0.166 e. The Morgan fingerprint density at radius 2 is 1.73 bits per heavy atom. The highest BCUT2D eigenvalue weighted by Gasteiger charge is 2.15. The van der Waals surface area contributed by atoms with Gasteiger partial charge in [-0.15, -0.1) is 0 Å².